The average Bonchev–Trinajstić information content (AvgIpc) is 2.44. The Bertz CT molecular complexity index is 831. The summed E-state index contributed by atoms with van der Waals surface area (Å²) < 4.78 is 0. The Morgan fingerprint density at radius 3 is 2.62 bits per heavy atom. The minimum Gasteiger partial charge on any atom is -0.399 e. The number of nitrogens with zero attached hydrogens (tertiary/aromatic N) is 1. The van der Waals surface area contributed by atoms with Crippen LogP contribution in [0.4, 0.5) is 17.1 Å². The zero-order valence-electron chi connectivity index (χ0n) is 11.3. The first kappa shape index (κ1) is 14.0. The number of pyridine rings is 1. The minimum atomic E-state index is 0.623. The van der Waals surface area contributed by atoms with Crippen LogP contribution in [-0.2, 0) is 0 Å². The third-order valence-electron chi connectivity index (χ3n) is 3.28. The predicted octanol–water partition coefficient (Wildman–Crippen LogP) is 5.18. The highest BCUT2D eigenvalue weighted by Crippen LogP contribution is 2.33. The number of aryl methyl sites for hydroxylation is 1. The molecule has 2 aromatic carbocycles. The molecule has 0 radical (unpaired) electrons. The van der Waals surface area contributed by atoms with E-state index in [2.05, 4.69) is 10.3 Å². The van der Waals surface area contributed by atoms with Crippen LogP contribution in [0.15, 0.2) is 42.6 Å². The molecule has 106 valence electrons. The van der Waals surface area contributed by atoms with Gasteiger partial charge in [-0.1, -0.05) is 23.2 Å². The maximum Gasteiger partial charge on any atom is 0.0743 e. The molecule has 3 aromatic rings. The summed E-state index contributed by atoms with van der Waals surface area (Å²) in [6.45, 7) is 1.92. The van der Waals surface area contributed by atoms with Crippen LogP contribution in [0.1, 0.15) is 5.56 Å². The molecule has 0 bridgehead atoms. The summed E-state index contributed by atoms with van der Waals surface area (Å²) in [5.74, 6) is 0. The van der Waals surface area contributed by atoms with Crippen LogP contribution in [0.2, 0.25) is 10.0 Å². The number of halogens is 2. The van der Waals surface area contributed by atoms with Gasteiger partial charge in [0.2, 0.25) is 0 Å². The summed E-state index contributed by atoms with van der Waals surface area (Å²) in [5, 5.41) is 5.57. The third-order valence-corrected chi connectivity index (χ3v) is 4.00. The maximum absolute atomic E-state index is 6.27. The molecule has 0 amide bonds. The molecule has 0 aliphatic rings. The summed E-state index contributed by atoms with van der Waals surface area (Å²) in [6, 6.07) is 11.2. The van der Waals surface area contributed by atoms with Crippen LogP contribution in [0.25, 0.3) is 10.9 Å². The SMILES string of the molecule is Cc1cc(Cl)c(Nc2ccnc3cc(N)ccc23)cc1Cl. The van der Waals surface area contributed by atoms with Crippen LogP contribution in [0.5, 0.6) is 0 Å². The van der Waals surface area contributed by atoms with Crippen LogP contribution in [-0.4, -0.2) is 4.98 Å². The van der Waals surface area contributed by atoms with Gasteiger partial charge in [-0.2, -0.15) is 0 Å². The van der Waals surface area contributed by atoms with E-state index in [1.54, 1.807) is 6.20 Å². The van der Waals surface area contributed by atoms with Crippen molar-refractivity contribution >= 4 is 51.2 Å². The van der Waals surface area contributed by atoms with Crippen LogP contribution < -0.4 is 11.1 Å². The van der Waals surface area contributed by atoms with E-state index in [9.17, 15) is 0 Å². The van der Waals surface area contributed by atoms with Crippen molar-refractivity contribution in [1.82, 2.24) is 4.98 Å². The molecule has 3 rings (SSSR count). The van der Waals surface area contributed by atoms with E-state index in [4.69, 9.17) is 28.9 Å². The van der Waals surface area contributed by atoms with E-state index < -0.39 is 0 Å². The number of nitrogen functional groups attached to an aromatic ring is 1. The van der Waals surface area contributed by atoms with E-state index >= 15 is 0 Å². The Balaban J connectivity index is 2.08. The fraction of sp³-hybridized carbons (Fsp3) is 0.0625. The second-order valence-corrected chi connectivity index (χ2v) is 5.66. The van der Waals surface area contributed by atoms with Crippen molar-refractivity contribution in [2.75, 3.05) is 11.1 Å². The van der Waals surface area contributed by atoms with Gasteiger partial charge >= 0.3 is 0 Å². The number of nitrogens with one attached hydrogen (secondary N) is 1. The molecule has 0 unspecified atom stereocenters. The molecule has 21 heavy (non-hydrogen) atoms. The topological polar surface area (TPSA) is 50.9 Å². The van der Waals surface area contributed by atoms with E-state index in [0.717, 1.165) is 27.8 Å². The van der Waals surface area contributed by atoms with Gasteiger partial charge in [-0.3, -0.25) is 4.98 Å². The summed E-state index contributed by atoms with van der Waals surface area (Å²) in [6.07, 6.45) is 1.73. The van der Waals surface area contributed by atoms with Gasteiger partial charge < -0.3 is 11.1 Å². The normalized spacial score (nSPS) is 10.8. The molecule has 1 aromatic heterocycles. The Morgan fingerprint density at radius 1 is 1.00 bits per heavy atom. The lowest BCUT2D eigenvalue weighted by atomic mass is 10.1. The quantitative estimate of drug-likeness (QED) is 0.640. The number of rotatable bonds is 2. The molecule has 1 heterocycles. The molecule has 0 atom stereocenters. The monoisotopic (exact) mass is 317 g/mol. The summed E-state index contributed by atoms with van der Waals surface area (Å²) in [5.41, 5.74) is 9.91. The van der Waals surface area contributed by atoms with E-state index in [0.29, 0.717) is 15.7 Å². The number of hydrogen-bond acceptors (Lipinski definition) is 3. The van der Waals surface area contributed by atoms with Gasteiger partial charge in [-0.05, 0) is 48.9 Å². The molecule has 0 aliphatic carbocycles. The van der Waals surface area contributed by atoms with Crippen LogP contribution in [0, 0.1) is 6.92 Å². The van der Waals surface area contributed by atoms with Crippen LogP contribution in [0.3, 0.4) is 0 Å². The first-order valence-electron chi connectivity index (χ1n) is 6.41. The van der Waals surface area contributed by atoms with Crippen molar-refractivity contribution in [3.8, 4) is 0 Å². The van der Waals surface area contributed by atoms with E-state index in [-0.39, 0.29) is 0 Å². The fourth-order valence-electron chi connectivity index (χ4n) is 2.16. The Labute approximate surface area is 132 Å². The van der Waals surface area contributed by atoms with Gasteiger partial charge in [-0.15, -0.1) is 0 Å². The van der Waals surface area contributed by atoms with Gasteiger partial charge in [0, 0.05) is 28.0 Å². The highest BCUT2D eigenvalue weighted by atomic mass is 35.5. The third kappa shape index (κ3) is 2.75. The summed E-state index contributed by atoms with van der Waals surface area (Å²) >= 11 is 12.4. The number of benzene rings is 2. The molecule has 0 spiro atoms. The smallest absolute Gasteiger partial charge is 0.0743 e. The van der Waals surface area contributed by atoms with Crippen molar-refractivity contribution in [1.29, 1.82) is 0 Å². The lowest BCUT2D eigenvalue weighted by Crippen LogP contribution is -1.95. The van der Waals surface area contributed by atoms with Crippen molar-refractivity contribution in [3.63, 3.8) is 0 Å². The molecule has 5 heteroatoms. The highest BCUT2D eigenvalue weighted by Gasteiger charge is 2.08. The van der Waals surface area contributed by atoms with Crippen molar-refractivity contribution in [3.05, 3.63) is 58.2 Å². The summed E-state index contributed by atoms with van der Waals surface area (Å²) in [7, 11) is 0. The summed E-state index contributed by atoms with van der Waals surface area (Å²) in [4.78, 5) is 4.32. The van der Waals surface area contributed by atoms with E-state index in [1.165, 1.54) is 0 Å². The fourth-order valence-corrected chi connectivity index (χ4v) is 2.59. The van der Waals surface area contributed by atoms with Gasteiger partial charge in [-0.25, -0.2) is 0 Å². The van der Waals surface area contributed by atoms with Crippen molar-refractivity contribution < 1.29 is 0 Å². The number of hydrogen-bond donors (Lipinski definition) is 2. The second kappa shape index (κ2) is 5.43. The Hall–Kier alpha value is -1.97. The lowest BCUT2D eigenvalue weighted by Gasteiger charge is -2.12. The highest BCUT2D eigenvalue weighted by molar-refractivity contribution is 6.36. The van der Waals surface area contributed by atoms with Crippen molar-refractivity contribution in [2.45, 2.75) is 6.92 Å². The molecule has 3 nitrogen and oxygen atoms in total. The molecule has 3 N–H and O–H groups in total. The molecule has 0 saturated carbocycles. The van der Waals surface area contributed by atoms with Gasteiger partial charge in [0.05, 0.1) is 16.2 Å². The molecule has 0 aliphatic heterocycles. The standard InChI is InChI=1S/C16H13Cl2N3/c1-9-6-13(18)16(8-12(9)17)21-14-4-5-20-15-7-10(19)2-3-11(14)15/h2-8H,19H2,1H3,(H,20,21). The van der Waals surface area contributed by atoms with E-state index in [1.807, 2.05) is 43.3 Å². The average molecular weight is 318 g/mol. The van der Waals surface area contributed by atoms with Crippen LogP contribution >= 0.6 is 23.2 Å². The molecular formula is C16H13Cl2N3. The predicted molar refractivity (Wildman–Crippen MR) is 90.6 cm³/mol. The van der Waals surface area contributed by atoms with Crippen molar-refractivity contribution in [2.24, 2.45) is 0 Å². The number of fused-ring (bicyclic) bond motifs is 1. The number of nitrogens with two attached hydrogens (primary N) is 1. The zero-order chi connectivity index (χ0) is 15.0. The maximum atomic E-state index is 6.27. The minimum absolute atomic E-state index is 0.623. The number of anilines is 3. The van der Waals surface area contributed by atoms with Gasteiger partial charge in [0.15, 0.2) is 0 Å². The first-order chi connectivity index (χ1) is 10.0. The van der Waals surface area contributed by atoms with Gasteiger partial charge in [0.25, 0.3) is 0 Å². The second-order valence-electron chi connectivity index (χ2n) is 4.84. The number of aromatic nitrogens is 1. The lowest BCUT2D eigenvalue weighted by molar-refractivity contribution is 1.40. The Kier molecular flexibility index (Phi) is 3.62. The largest absolute Gasteiger partial charge is 0.399 e. The van der Waals surface area contributed by atoms with Gasteiger partial charge in [0.1, 0.15) is 0 Å². The molecule has 0 saturated heterocycles. The molecule has 0 fully saturated rings. The Morgan fingerprint density at radius 2 is 1.81 bits per heavy atom. The zero-order valence-corrected chi connectivity index (χ0v) is 12.8. The molecular weight excluding hydrogens is 305 g/mol. The first-order valence-corrected chi connectivity index (χ1v) is 7.17.